The molecule has 2 saturated carbocycles. The molecule has 2 fully saturated rings. The lowest BCUT2D eigenvalue weighted by atomic mass is 9.98. The first-order chi connectivity index (χ1) is 8.54. The molecule has 18 heavy (non-hydrogen) atoms. The maximum atomic E-state index is 4.56. The van der Waals surface area contributed by atoms with E-state index in [0.717, 1.165) is 24.4 Å². The second-order valence-electron chi connectivity index (χ2n) is 6.96. The number of thiazole rings is 1. The topological polar surface area (TPSA) is 24.9 Å². The highest BCUT2D eigenvalue weighted by atomic mass is 32.1. The Balaban J connectivity index is 1.57. The van der Waals surface area contributed by atoms with Crippen LogP contribution in [-0.2, 0) is 12.0 Å². The first-order valence-corrected chi connectivity index (χ1v) is 8.04. The van der Waals surface area contributed by atoms with Gasteiger partial charge in [0.25, 0.3) is 0 Å². The van der Waals surface area contributed by atoms with E-state index in [9.17, 15) is 0 Å². The number of nitrogens with zero attached hydrogens (tertiary/aromatic N) is 1. The molecule has 0 unspecified atom stereocenters. The zero-order valence-electron chi connectivity index (χ0n) is 11.7. The summed E-state index contributed by atoms with van der Waals surface area (Å²) >= 11 is 1.87. The molecular weight excluding hydrogens is 240 g/mol. The maximum absolute atomic E-state index is 4.56. The van der Waals surface area contributed by atoms with Crippen molar-refractivity contribution in [3.05, 3.63) is 16.1 Å². The van der Waals surface area contributed by atoms with E-state index < -0.39 is 0 Å². The van der Waals surface area contributed by atoms with Crippen LogP contribution >= 0.6 is 11.3 Å². The van der Waals surface area contributed by atoms with Crippen molar-refractivity contribution < 1.29 is 0 Å². The Morgan fingerprint density at radius 3 is 2.33 bits per heavy atom. The van der Waals surface area contributed by atoms with Crippen LogP contribution in [0.1, 0.15) is 56.3 Å². The minimum atomic E-state index is 0.190. The molecule has 2 aliphatic carbocycles. The summed E-state index contributed by atoms with van der Waals surface area (Å²) in [6.07, 6.45) is 7.86. The summed E-state index contributed by atoms with van der Waals surface area (Å²) in [6.45, 7) is 7.73. The summed E-state index contributed by atoms with van der Waals surface area (Å²) in [7, 11) is 0. The summed E-state index contributed by atoms with van der Waals surface area (Å²) in [5, 5.41) is 5.05. The van der Waals surface area contributed by atoms with Gasteiger partial charge in [-0.1, -0.05) is 20.8 Å². The molecule has 0 atom stereocenters. The first kappa shape index (κ1) is 12.6. The van der Waals surface area contributed by atoms with Gasteiger partial charge in [0.15, 0.2) is 0 Å². The van der Waals surface area contributed by atoms with Gasteiger partial charge in [0.05, 0.1) is 5.01 Å². The fourth-order valence-electron chi connectivity index (χ4n) is 2.58. The second-order valence-corrected chi connectivity index (χ2v) is 8.08. The van der Waals surface area contributed by atoms with E-state index in [0.29, 0.717) is 0 Å². The lowest BCUT2D eigenvalue weighted by Gasteiger charge is -2.17. The number of nitrogens with one attached hydrogen (secondary N) is 1. The average Bonchev–Trinajstić information content (AvgIpc) is 3.19. The van der Waals surface area contributed by atoms with E-state index in [1.165, 1.54) is 35.6 Å². The molecule has 0 bridgehead atoms. The van der Waals surface area contributed by atoms with Crippen molar-refractivity contribution in [3.63, 3.8) is 0 Å². The van der Waals surface area contributed by atoms with Crippen LogP contribution in [-0.4, -0.2) is 11.0 Å². The van der Waals surface area contributed by atoms with E-state index in [4.69, 9.17) is 0 Å². The zero-order valence-corrected chi connectivity index (χ0v) is 12.5. The van der Waals surface area contributed by atoms with Gasteiger partial charge in [-0.3, -0.25) is 0 Å². The first-order valence-electron chi connectivity index (χ1n) is 7.22. The SMILES string of the molecule is CC(C)(C)c1ncc(CNC(C2CC2)C2CC2)s1. The van der Waals surface area contributed by atoms with Crippen LogP contribution in [0.3, 0.4) is 0 Å². The molecular formula is C15H24N2S. The van der Waals surface area contributed by atoms with Gasteiger partial charge in [-0.2, -0.15) is 0 Å². The van der Waals surface area contributed by atoms with E-state index in [1.54, 1.807) is 0 Å². The molecule has 1 aromatic rings. The number of hydrogen-bond acceptors (Lipinski definition) is 3. The van der Waals surface area contributed by atoms with Gasteiger partial charge in [0, 0.05) is 29.1 Å². The van der Waals surface area contributed by atoms with E-state index in [1.807, 2.05) is 11.3 Å². The quantitative estimate of drug-likeness (QED) is 0.876. The minimum Gasteiger partial charge on any atom is -0.308 e. The van der Waals surface area contributed by atoms with Gasteiger partial charge < -0.3 is 5.32 Å². The third-order valence-electron chi connectivity index (χ3n) is 3.97. The Morgan fingerprint density at radius 2 is 1.89 bits per heavy atom. The smallest absolute Gasteiger partial charge is 0.0981 e. The summed E-state index contributed by atoms with van der Waals surface area (Å²) in [5.41, 5.74) is 0.190. The van der Waals surface area contributed by atoms with Crippen molar-refractivity contribution >= 4 is 11.3 Å². The second kappa shape index (κ2) is 4.61. The molecule has 2 aliphatic rings. The minimum absolute atomic E-state index is 0.190. The van der Waals surface area contributed by atoms with E-state index in [-0.39, 0.29) is 5.41 Å². The van der Waals surface area contributed by atoms with Crippen LogP contribution < -0.4 is 5.32 Å². The van der Waals surface area contributed by atoms with Crippen molar-refractivity contribution in [2.24, 2.45) is 11.8 Å². The highest BCUT2D eigenvalue weighted by molar-refractivity contribution is 7.11. The van der Waals surface area contributed by atoms with Crippen molar-refractivity contribution in [1.82, 2.24) is 10.3 Å². The van der Waals surface area contributed by atoms with Gasteiger partial charge in [0.1, 0.15) is 0 Å². The highest BCUT2D eigenvalue weighted by Gasteiger charge is 2.41. The van der Waals surface area contributed by atoms with Gasteiger partial charge >= 0.3 is 0 Å². The molecule has 0 spiro atoms. The maximum Gasteiger partial charge on any atom is 0.0981 e. The van der Waals surface area contributed by atoms with Crippen LogP contribution in [0.15, 0.2) is 6.20 Å². The Bertz CT molecular complexity index is 398. The molecule has 2 nitrogen and oxygen atoms in total. The van der Waals surface area contributed by atoms with Crippen molar-refractivity contribution in [1.29, 1.82) is 0 Å². The summed E-state index contributed by atoms with van der Waals surface area (Å²) in [4.78, 5) is 5.96. The summed E-state index contributed by atoms with van der Waals surface area (Å²) in [5.74, 6) is 1.96. The predicted molar refractivity (Wildman–Crippen MR) is 76.9 cm³/mol. The number of hydrogen-bond donors (Lipinski definition) is 1. The van der Waals surface area contributed by atoms with Gasteiger partial charge in [-0.25, -0.2) is 4.98 Å². The van der Waals surface area contributed by atoms with E-state index in [2.05, 4.69) is 37.3 Å². The average molecular weight is 264 g/mol. The third-order valence-corrected chi connectivity index (χ3v) is 5.39. The molecule has 0 radical (unpaired) electrons. The Hall–Kier alpha value is -0.410. The fourth-order valence-corrected chi connectivity index (χ4v) is 3.50. The van der Waals surface area contributed by atoms with Crippen LogP contribution in [0.2, 0.25) is 0 Å². The molecule has 0 amide bonds. The highest BCUT2D eigenvalue weighted by Crippen LogP contribution is 2.44. The largest absolute Gasteiger partial charge is 0.308 e. The number of rotatable bonds is 5. The molecule has 0 saturated heterocycles. The Morgan fingerprint density at radius 1 is 1.28 bits per heavy atom. The van der Waals surface area contributed by atoms with Crippen LogP contribution in [0, 0.1) is 11.8 Å². The van der Waals surface area contributed by atoms with Crippen LogP contribution in [0.4, 0.5) is 0 Å². The molecule has 100 valence electrons. The van der Waals surface area contributed by atoms with Gasteiger partial charge in [-0.15, -0.1) is 11.3 Å². The lowest BCUT2D eigenvalue weighted by Crippen LogP contribution is -2.32. The Kier molecular flexibility index (Phi) is 3.23. The monoisotopic (exact) mass is 264 g/mol. The standard InChI is InChI=1S/C15H24N2S/c1-15(2,3)14-17-9-12(18-14)8-16-13(10-4-5-10)11-6-7-11/h9-11,13,16H,4-8H2,1-3H3. The fraction of sp³-hybridized carbons (Fsp3) is 0.800. The van der Waals surface area contributed by atoms with Crippen molar-refractivity contribution in [2.75, 3.05) is 0 Å². The molecule has 0 aromatic carbocycles. The number of aromatic nitrogens is 1. The Labute approximate surface area is 114 Å². The van der Waals surface area contributed by atoms with Crippen LogP contribution in [0.5, 0.6) is 0 Å². The summed E-state index contributed by atoms with van der Waals surface area (Å²) in [6, 6.07) is 0.796. The summed E-state index contributed by atoms with van der Waals surface area (Å²) < 4.78 is 0. The van der Waals surface area contributed by atoms with Gasteiger partial charge in [0.2, 0.25) is 0 Å². The zero-order chi connectivity index (χ0) is 12.8. The predicted octanol–water partition coefficient (Wildman–Crippen LogP) is 3.72. The molecule has 1 heterocycles. The molecule has 3 rings (SSSR count). The molecule has 1 N–H and O–H groups in total. The normalized spacial score (nSPS) is 20.7. The third kappa shape index (κ3) is 2.94. The lowest BCUT2D eigenvalue weighted by molar-refractivity contribution is 0.417. The van der Waals surface area contributed by atoms with Crippen molar-refractivity contribution in [3.8, 4) is 0 Å². The molecule has 1 aromatic heterocycles. The van der Waals surface area contributed by atoms with Crippen molar-refractivity contribution in [2.45, 2.75) is 64.5 Å². The molecule has 0 aliphatic heterocycles. The van der Waals surface area contributed by atoms with Crippen LogP contribution in [0.25, 0.3) is 0 Å². The molecule has 3 heteroatoms. The van der Waals surface area contributed by atoms with E-state index >= 15 is 0 Å². The van der Waals surface area contributed by atoms with Gasteiger partial charge in [-0.05, 0) is 37.5 Å².